The van der Waals surface area contributed by atoms with E-state index in [1.54, 1.807) is 0 Å². The Morgan fingerprint density at radius 3 is 2.00 bits per heavy atom. The molecule has 1 nitrogen and oxygen atoms in total. The molecule has 0 saturated heterocycles. The van der Waals surface area contributed by atoms with Crippen molar-refractivity contribution in [2.75, 3.05) is 6.61 Å². The molecule has 0 unspecified atom stereocenters. The SMILES string of the molecule is OCC1(c2cc(F)c(F)c(F)c2)CC1. The summed E-state index contributed by atoms with van der Waals surface area (Å²) < 4.78 is 38.3. The number of aliphatic hydroxyl groups is 1. The highest BCUT2D eigenvalue weighted by molar-refractivity contribution is 5.32. The molecular weight excluding hydrogens is 193 g/mol. The minimum absolute atomic E-state index is 0.155. The van der Waals surface area contributed by atoms with Gasteiger partial charge in [-0.05, 0) is 30.5 Å². The predicted octanol–water partition coefficient (Wildman–Crippen LogP) is 2.13. The molecule has 1 aliphatic rings. The van der Waals surface area contributed by atoms with Crippen molar-refractivity contribution in [3.63, 3.8) is 0 Å². The smallest absolute Gasteiger partial charge is 0.194 e. The quantitative estimate of drug-likeness (QED) is 0.728. The molecule has 1 aromatic carbocycles. The molecule has 0 heterocycles. The van der Waals surface area contributed by atoms with Crippen LogP contribution in [0.2, 0.25) is 0 Å². The van der Waals surface area contributed by atoms with E-state index in [0.717, 1.165) is 12.1 Å². The maximum atomic E-state index is 12.8. The third kappa shape index (κ3) is 1.30. The Kier molecular flexibility index (Phi) is 2.03. The van der Waals surface area contributed by atoms with Crippen LogP contribution in [-0.4, -0.2) is 11.7 Å². The molecule has 0 bridgehead atoms. The van der Waals surface area contributed by atoms with Crippen molar-refractivity contribution in [1.29, 1.82) is 0 Å². The normalized spacial score (nSPS) is 18.3. The van der Waals surface area contributed by atoms with Gasteiger partial charge in [-0.1, -0.05) is 0 Å². The van der Waals surface area contributed by atoms with Crippen LogP contribution in [0.5, 0.6) is 0 Å². The van der Waals surface area contributed by atoms with Crippen molar-refractivity contribution in [2.45, 2.75) is 18.3 Å². The van der Waals surface area contributed by atoms with Crippen LogP contribution in [0, 0.1) is 17.5 Å². The van der Waals surface area contributed by atoms with Gasteiger partial charge in [0.05, 0.1) is 6.61 Å². The first-order valence-electron chi connectivity index (χ1n) is 4.35. The van der Waals surface area contributed by atoms with Crippen molar-refractivity contribution >= 4 is 0 Å². The lowest BCUT2D eigenvalue weighted by molar-refractivity contribution is 0.254. The van der Waals surface area contributed by atoms with E-state index in [4.69, 9.17) is 5.11 Å². The Balaban J connectivity index is 2.46. The largest absolute Gasteiger partial charge is 0.395 e. The Morgan fingerprint density at radius 1 is 1.14 bits per heavy atom. The van der Waals surface area contributed by atoms with Crippen LogP contribution in [0.1, 0.15) is 18.4 Å². The van der Waals surface area contributed by atoms with Gasteiger partial charge < -0.3 is 5.11 Å². The summed E-state index contributed by atoms with van der Waals surface area (Å²) in [7, 11) is 0. The van der Waals surface area contributed by atoms with Crippen LogP contribution in [0.3, 0.4) is 0 Å². The van der Waals surface area contributed by atoms with Gasteiger partial charge in [0.1, 0.15) is 0 Å². The maximum absolute atomic E-state index is 12.8. The molecule has 2 rings (SSSR count). The third-order valence-corrected chi connectivity index (χ3v) is 2.75. The van der Waals surface area contributed by atoms with E-state index >= 15 is 0 Å². The monoisotopic (exact) mass is 202 g/mol. The Hall–Kier alpha value is -1.03. The molecule has 1 aliphatic carbocycles. The summed E-state index contributed by atoms with van der Waals surface area (Å²) >= 11 is 0. The summed E-state index contributed by atoms with van der Waals surface area (Å²) in [6.45, 7) is -0.155. The van der Waals surface area contributed by atoms with Gasteiger partial charge in [-0.3, -0.25) is 0 Å². The molecule has 0 aromatic heterocycles. The van der Waals surface area contributed by atoms with E-state index < -0.39 is 22.9 Å². The summed E-state index contributed by atoms with van der Waals surface area (Å²) in [6, 6.07) is 1.92. The first-order valence-corrected chi connectivity index (χ1v) is 4.35. The Bertz CT molecular complexity index is 349. The summed E-state index contributed by atoms with van der Waals surface area (Å²) in [4.78, 5) is 0. The Morgan fingerprint density at radius 2 is 1.64 bits per heavy atom. The fourth-order valence-corrected chi connectivity index (χ4v) is 1.55. The summed E-state index contributed by atoms with van der Waals surface area (Å²) in [5.74, 6) is -3.85. The molecule has 76 valence electrons. The number of aliphatic hydroxyl groups excluding tert-OH is 1. The van der Waals surface area contributed by atoms with E-state index in [1.165, 1.54) is 0 Å². The molecule has 0 aliphatic heterocycles. The number of hydrogen-bond donors (Lipinski definition) is 1. The van der Waals surface area contributed by atoms with Crippen LogP contribution in [0.15, 0.2) is 12.1 Å². The van der Waals surface area contributed by atoms with Crippen LogP contribution >= 0.6 is 0 Å². The molecular formula is C10H9F3O. The Labute approximate surface area is 79.2 Å². The molecule has 1 N–H and O–H groups in total. The third-order valence-electron chi connectivity index (χ3n) is 2.75. The van der Waals surface area contributed by atoms with Crippen molar-refractivity contribution in [3.05, 3.63) is 35.1 Å². The lowest BCUT2D eigenvalue weighted by Crippen LogP contribution is -2.13. The summed E-state index contributed by atoms with van der Waals surface area (Å²) in [5, 5.41) is 9.02. The number of hydrogen-bond acceptors (Lipinski definition) is 1. The van der Waals surface area contributed by atoms with E-state index in [0.29, 0.717) is 18.4 Å². The van der Waals surface area contributed by atoms with Gasteiger partial charge in [-0.25, -0.2) is 13.2 Å². The summed E-state index contributed by atoms with van der Waals surface area (Å²) in [6.07, 6.45) is 1.38. The zero-order chi connectivity index (χ0) is 10.3. The minimum Gasteiger partial charge on any atom is -0.395 e. The average molecular weight is 202 g/mol. The van der Waals surface area contributed by atoms with E-state index in [2.05, 4.69) is 0 Å². The van der Waals surface area contributed by atoms with Crippen molar-refractivity contribution < 1.29 is 18.3 Å². The van der Waals surface area contributed by atoms with E-state index in [-0.39, 0.29) is 6.61 Å². The molecule has 0 atom stereocenters. The number of benzene rings is 1. The molecule has 0 radical (unpaired) electrons. The molecule has 0 amide bonds. The fourth-order valence-electron chi connectivity index (χ4n) is 1.55. The van der Waals surface area contributed by atoms with Gasteiger partial charge in [0.2, 0.25) is 0 Å². The topological polar surface area (TPSA) is 20.2 Å². The highest BCUT2D eigenvalue weighted by atomic mass is 19.2. The molecule has 1 aromatic rings. The molecule has 14 heavy (non-hydrogen) atoms. The van der Waals surface area contributed by atoms with Crippen LogP contribution in [0.4, 0.5) is 13.2 Å². The molecule has 1 fully saturated rings. The highest BCUT2D eigenvalue weighted by Crippen LogP contribution is 2.48. The van der Waals surface area contributed by atoms with Crippen molar-refractivity contribution in [3.8, 4) is 0 Å². The van der Waals surface area contributed by atoms with Crippen LogP contribution in [-0.2, 0) is 5.41 Å². The van der Waals surface area contributed by atoms with Gasteiger partial charge in [0.15, 0.2) is 17.5 Å². The fraction of sp³-hybridized carbons (Fsp3) is 0.400. The molecule has 4 heteroatoms. The van der Waals surface area contributed by atoms with E-state index in [9.17, 15) is 13.2 Å². The lowest BCUT2D eigenvalue weighted by Gasteiger charge is -2.12. The maximum Gasteiger partial charge on any atom is 0.194 e. The lowest BCUT2D eigenvalue weighted by atomic mass is 9.97. The minimum atomic E-state index is -1.46. The zero-order valence-corrected chi connectivity index (χ0v) is 7.36. The van der Waals surface area contributed by atoms with E-state index in [1.807, 2.05) is 0 Å². The number of halogens is 3. The summed E-state index contributed by atoms with van der Waals surface area (Å²) in [5.41, 5.74) is -0.188. The highest BCUT2D eigenvalue weighted by Gasteiger charge is 2.44. The molecule has 0 spiro atoms. The second-order valence-electron chi connectivity index (χ2n) is 3.69. The van der Waals surface area contributed by atoms with Gasteiger partial charge in [-0.2, -0.15) is 0 Å². The zero-order valence-electron chi connectivity index (χ0n) is 7.36. The van der Waals surface area contributed by atoms with Gasteiger partial charge in [0.25, 0.3) is 0 Å². The average Bonchev–Trinajstić information content (AvgIpc) is 2.94. The van der Waals surface area contributed by atoms with Gasteiger partial charge in [-0.15, -0.1) is 0 Å². The molecule has 1 saturated carbocycles. The second-order valence-corrected chi connectivity index (χ2v) is 3.69. The van der Waals surface area contributed by atoms with Crippen LogP contribution < -0.4 is 0 Å². The predicted molar refractivity (Wildman–Crippen MR) is 44.3 cm³/mol. The van der Waals surface area contributed by atoms with Gasteiger partial charge in [0, 0.05) is 5.41 Å². The standard InChI is InChI=1S/C10H9F3O/c11-7-3-6(4-8(12)9(7)13)10(5-14)1-2-10/h3-4,14H,1-2,5H2. The number of rotatable bonds is 2. The van der Waals surface area contributed by atoms with Crippen molar-refractivity contribution in [2.24, 2.45) is 0 Å². The second kappa shape index (κ2) is 2.98. The first kappa shape index (κ1) is 9.52. The van der Waals surface area contributed by atoms with Gasteiger partial charge >= 0.3 is 0 Å². The first-order chi connectivity index (χ1) is 6.59. The van der Waals surface area contributed by atoms with Crippen molar-refractivity contribution in [1.82, 2.24) is 0 Å². The van der Waals surface area contributed by atoms with Crippen LogP contribution in [0.25, 0.3) is 0 Å².